The van der Waals surface area contributed by atoms with Crippen molar-refractivity contribution in [2.75, 3.05) is 0 Å². The SMILES string of the molecule is Cc1cc(C(=O)c2cc(C)nc3cccc(Cl)c23)c2c(Cl)cccc2n1. The first-order valence-electron chi connectivity index (χ1n) is 8.12. The molecular formula is C21H14Cl2N2O. The highest BCUT2D eigenvalue weighted by atomic mass is 35.5. The van der Waals surface area contributed by atoms with Crippen molar-refractivity contribution >= 4 is 50.8 Å². The number of hydrogen-bond acceptors (Lipinski definition) is 3. The number of aryl methyl sites for hydroxylation is 2. The van der Waals surface area contributed by atoms with E-state index in [0.717, 1.165) is 11.4 Å². The quantitative estimate of drug-likeness (QED) is 0.404. The summed E-state index contributed by atoms with van der Waals surface area (Å²) in [5, 5.41) is 2.30. The molecular weight excluding hydrogens is 367 g/mol. The van der Waals surface area contributed by atoms with E-state index in [1.807, 2.05) is 38.1 Å². The molecule has 4 aromatic rings. The first kappa shape index (κ1) is 17.0. The molecule has 0 saturated carbocycles. The van der Waals surface area contributed by atoms with Crippen LogP contribution in [0.3, 0.4) is 0 Å². The molecule has 128 valence electrons. The second-order valence-electron chi connectivity index (χ2n) is 6.22. The smallest absolute Gasteiger partial charge is 0.194 e. The van der Waals surface area contributed by atoms with Gasteiger partial charge in [0.2, 0.25) is 0 Å². The van der Waals surface area contributed by atoms with Crippen molar-refractivity contribution in [2.24, 2.45) is 0 Å². The van der Waals surface area contributed by atoms with E-state index in [2.05, 4.69) is 9.97 Å². The molecule has 0 spiro atoms. The van der Waals surface area contributed by atoms with Crippen LogP contribution in [0.5, 0.6) is 0 Å². The minimum Gasteiger partial charge on any atom is -0.289 e. The van der Waals surface area contributed by atoms with Gasteiger partial charge in [0.15, 0.2) is 5.78 Å². The molecule has 2 aromatic carbocycles. The molecule has 0 saturated heterocycles. The highest BCUT2D eigenvalue weighted by Crippen LogP contribution is 2.32. The summed E-state index contributed by atoms with van der Waals surface area (Å²) >= 11 is 12.8. The van der Waals surface area contributed by atoms with Crippen LogP contribution in [0.25, 0.3) is 21.8 Å². The second-order valence-corrected chi connectivity index (χ2v) is 7.03. The third-order valence-electron chi connectivity index (χ3n) is 4.31. The van der Waals surface area contributed by atoms with Crippen LogP contribution in [-0.4, -0.2) is 15.8 Å². The fourth-order valence-corrected chi connectivity index (χ4v) is 3.80. The minimum absolute atomic E-state index is 0.141. The van der Waals surface area contributed by atoms with E-state index in [1.54, 1.807) is 24.3 Å². The average molecular weight is 381 g/mol. The molecule has 5 heteroatoms. The Balaban J connectivity index is 2.07. The Kier molecular flexibility index (Phi) is 4.14. The number of pyridine rings is 2. The van der Waals surface area contributed by atoms with Crippen LogP contribution in [0, 0.1) is 13.8 Å². The highest BCUT2D eigenvalue weighted by Gasteiger charge is 2.20. The Hall–Kier alpha value is -2.49. The summed E-state index contributed by atoms with van der Waals surface area (Å²) in [6.07, 6.45) is 0. The number of nitrogens with zero attached hydrogens (tertiary/aromatic N) is 2. The van der Waals surface area contributed by atoms with E-state index in [0.29, 0.717) is 43.0 Å². The number of ketones is 1. The molecule has 0 N–H and O–H groups in total. The van der Waals surface area contributed by atoms with Gasteiger partial charge >= 0.3 is 0 Å². The van der Waals surface area contributed by atoms with Crippen molar-refractivity contribution in [2.45, 2.75) is 13.8 Å². The van der Waals surface area contributed by atoms with Gasteiger partial charge in [-0.15, -0.1) is 0 Å². The Bertz CT molecular complexity index is 1110. The third-order valence-corrected chi connectivity index (χ3v) is 4.94. The molecule has 0 aliphatic rings. The predicted octanol–water partition coefficient (Wildman–Crippen LogP) is 5.94. The van der Waals surface area contributed by atoms with Crippen LogP contribution in [-0.2, 0) is 0 Å². The van der Waals surface area contributed by atoms with Gasteiger partial charge in [-0.1, -0.05) is 35.3 Å². The average Bonchev–Trinajstić information content (AvgIpc) is 2.59. The molecule has 2 aromatic heterocycles. The number of benzene rings is 2. The summed E-state index contributed by atoms with van der Waals surface area (Å²) in [4.78, 5) is 22.5. The van der Waals surface area contributed by atoms with Gasteiger partial charge in [-0.3, -0.25) is 14.8 Å². The lowest BCUT2D eigenvalue weighted by atomic mass is 9.95. The van der Waals surface area contributed by atoms with Crippen molar-refractivity contribution in [3.8, 4) is 0 Å². The van der Waals surface area contributed by atoms with E-state index in [9.17, 15) is 4.79 Å². The first-order valence-corrected chi connectivity index (χ1v) is 8.88. The summed E-state index contributed by atoms with van der Waals surface area (Å²) in [5.74, 6) is -0.141. The van der Waals surface area contributed by atoms with Crippen LogP contribution in [0.15, 0.2) is 48.5 Å². The molecule has 26 heavy (non-hydrogen) atoms. The lowest BCUT2D eigenvalue weighted by Gasteiger charge is -2.12. The summed E-state index contributed by atoms with van der Waals surface area (Å²) in [5.41, 5.74) is 3.94. The predicted molar refractivity (Wildman–Crippen MR) is 106 cm³/mol. The van der Waals surface area contributed by atoms with Gasteiger partial charge in [0, 0.05) is 33.3 Å². The van der Waals surface area contributed by atoms with Crippen molar-refractivity contribution in [1.29, 1.82) is 0 Å². The maximum absolute atomic E-state index is 13.5. The zero-order valence-corrected chi connectivity index (χ0v) is 15.7. The standard InChI is InChI=1S/C21H14Cl2N2O/c1-11-9-13(19-15(22)5-3-7-17(19)24-11)21(26)14-10-12(2)25-18-8-4-6-16(23)20(14)18/h3-10H,1-2H3. The van der Waals surface area contributed by atoms with Crippen molar-refractivity contribution in [1.82, 2.24) is 9.97 Å². The van der Waals surface area contributed by atoms with Crippen molar-refractivity contribution in [3.63, 3.8) is 0 Å². The molecule has 0 atom stereocenters. The van der Waals surface area contributed by atoms with Crippen LogP contribution in [0.1, 0.15) is 27.3 Å². The molecule has 0 aliphatic heterocycles. The van der Waals surface area contributed by atoms with Crippen molar-refractivity contribution < 1.29 is 4.79 Å². The molecule has 0 amide bonds. The van der Waals surface area contributed by atoms with Gasteiger partial charge in [0.1, 0.15) is 0 Å². The number of carbonyl (C=O) groups is 1. The van der Waals surface area contributed by atoms with Gasteiger partial charge in [0.25, 0.3) is 0 Å². The van der Waals surface area contributed by atoms with E-state index >= 15 is 0 Å². The van der Waals surface area contributed by atoms with E-state index in [4.69, 9.17) is 23.2 Å². The maximum Gasteiger partial charge on any atom is 0.194 e. The van der Waals surface area contributed by atoms with Crippen LogP contribution in [0.4, 0.5) is 0 Å². The molecule has 0 bridgehead atoms. The highest BCUT2D eigenvalue weighted by molar-refractivity contribution is 6.39. The van der Waals surface area contributed by atoms with Crippen LogP contribution in [0.2, 0.25) is 10.0 Å². The molecule has 2 heterocycles. The summed E-state index contributed by atoms with van der Waals surface area (Å²) < 4.78 is 0. The topological polar surface area (TPSA) is 42.9 Å². The molecule has 0 radical (unpaired) electrons. The van der Waals surface area contributed by atoms with Crippen LogP contribution < -0.4 is 0 Å². The number of aromatic nitrogens is 2. The molecule has 0 fully saturated rings. The summed E-state index contributed by atoms with van der Waals surface area (Å²) in [6, 6.07) is 14.4. The Morgan fingerprint density at radius 2 is 1.19 bits per heavy atom. The fourth-order valence-electron chi connectivity index (χ4n) is 3.25. The second kappa shape index (κ2) is 6.35. The van der Waals surface area contributed by atoms with E-state index in [-0.39, 0.29) is 5.78 Å². The normalized spacial score (nSPS) is 11.2. The van der Waals surface area contributed by atoms with Gasteiger partial charge in [-0.25, -0.2) is 0 Å². The third kappa shape index (κ3) is 2.74. The summed E-state index contributed by atoms with van der Waals surface area (Å²) in [7, 11) is 0. The lowest BCUT2D eigenvalue weighted by molar-refractivity contribution is 0.104. The number of rotatable bonds is 2. The largest absolute Gasteiger partial charge is 0.289 e. The van der Waals surface area contributed by atoms with Gasteiger partial charge < -0.3 is 0 Å². The molecule has 4 rings (SSSR count). The van der Waals surface area contributed by atoms with Gasteiger partial charge in [-0.2, -0.15) is 0 Å². The number of halogens is 2. The number of hydrogen-bond donors (Lipinski definition) is 0. The lowest BCUT2D eigenvalue weighted by Crippen LogP contribution is -2.07. The molecule has 0 aliphatic carbocycles. The van der Waals surface area contributed by atoms with E-state index in [1.165, 1.54) is 0 Å². The number of fused-ring (bicyclic) bond motifs is 2. The van der Waals surface area contributed by atoms with Gasteiger partial charge in [0.05, 0.1) is 21.1 Å². The zero-order valence-electron chi connectivity index (χ0n) is 14.2. The van der Waals surface area contributed by atoms with Crippen LogP contribution >= 0.6 is 23.2 Å². The minimum atomic E-state index is -0.141. The fraction of sp³-hybridized carbons (Fsp3) is 0.0952. The monoisotopic (exact) mass is 380 g/mol. The Morgan fingerprint density at radius 3 is 1.62 bits per heavy atom. The van der Waals surface area contributed by atoms with Crippen molar-refractivity contribution in [3.05, 3.63) is 81.1 Å². The first-order chi connectivity index (χ1) is 12.5. The van der Waals surface area contributed by atoms with E-state index < -0.39 is 0 Å². The van der Waals surface area contributed by atoms with Gasteiger partial charge in [-0.05, 0) is 50.2 Å². The Morgan fingerprint density at radius 1 is 0.769 bits per heavy atom. The zero-order chi connectivity index (χ0) is 18.4. The summed E-state index contributed by atoms with van der Waals surface area (Å²) in [6.45, 7) is 3.72. The maximum atomic E-state index is 13.5. The number of carbonyl (C=O) groups excluding carboxylic acids is 1. The Labute approximate surface area is 160 Å². The molecule has 3 nitrogen and oxygen atoms in total. The molecule has 0 unspecified atom stereocenters.